The Morgan fingerprint density at radius 2 is 1.65 bits per heavy atom. The van der Waals surface area contributed by atoms with Gasteiger partial charge in [-0.1, -0.05) is 47.5 Å². The molecule has 0 aromatic heterocycles. The number of halogens is 2. The Hall–Kier alpha value is -1.16. The maximum Gasteiger partial charge on any atom is 0.238 e. The fourth-order valence-corrected chi connectivity index (χ4v) is 4.23. The van der Waals surface area contributed by atoms with Crippen LogP contribution < -0.4 is 4.90 Å². The molecule has 2 aromatic rings. The molecule has 0 bridgehead atoms. The van der Waals surface area contributed by atoms with Crippen molar-refractivity contribution in [3.8, 4) is 0 Å². The van der Waals surface area contributed by atoms with Crippen molar-refractivity contribution >= 4 is 46.6 Å². The highest BCUT2D eigenvalue weighted by molar-refractivity contribution is 8.00. The van der Waals surface area contributed by atoms with E-state index in [1.807, 2.05) is 36.4 Å². The fraction of sp³-hybridized carbons (Fsp3) is 0.133. The third-order valence-electron chi connectivity index (χ3n) is 3.15. The lowest BCUT2D eigenvalue weighted by molar-refractivity contribution is -0.115. The Bertz CT molecular complexity index is 627. The van der Waals surface area contributed by atoms with Crippen LogP contribution in [0.4, 0.5) is 5.69 Å². The quantitative estimate of drug-likeness (QED) is 0.793. The molecule has 2 nitrogen and oxygen atoms in total. The number of amides is 1. The molecular weight excluding hydrogens is 313 g/mol. The lowest BCUT2D eigenvalue weighted by atomic mass is 10.2. The summed E-state index contributed by atoms with van der Waals surface area (Å²) in [6.07, 6.45) is 0. The van der Waals surface area contributed by atoms with E-state index < -0.39 is 0 Å². The van der Waals surface area contributed by atoms with E-state index in [2.05, 4.69) is 0 Å². The number of carbonyl (C=O) groups excluding carboxylic acids is 1. The van der Waals surface area contributed by atoms with Crippen molar-refractivity contribution < 1.29 is 4.79 Å². The molecule has 0 unspecified atom stereocenters. The van der Waals surface area contributed by atoms with Crippen LogP contribution in [0.15, 0.2) is 48.5 Å². The topological polar surface area (TPSA) is 20.3 Å². The minimum Gasteiger partial charge on any atom is -0.295 e. The van der Waals surface area contributed by atoms with Crippen LogP contribution in [-0.2, 0) is 4.79 Å². The number of hydrogen-bond acceptors (Lipinski definition) is 2. The molecule has 1 aliphatic heterocycles. The molecule has 0 radical (unpaired) electrons. The molecule has 0 N–H and O–H groups in total. The summed E-state index contributed by atoms with van der Waals surface area (Å²) in [6, 6.07) is 15.0. The average Bonchev–Trinajstić information content (AvgIpc) is 2.81. The zero-order valence-corrected chi connectivity index (χ0v) is 12.8. The molecular formula is C15H11Cl2NOS. The number of carbonyl (C=O) groups is 1. The second kappa shape index (κ2) is 5.68. The van der Waals surface area contributed by atoms with E-state index in [9.17, 15) is 4.79 Å². The normalized spacial score (nSPS) is 18.6. The van der Waals surface area contributed by atoms with Crippen LogP contribution in [0.2, 0.25) is 10.0 Å². The van der Waals surface area contributed by atoms with Crippen molar-refractivity contribution in [2.24, 2.45) is 0 Å². The van der Waals surface area contributed by atoms with Crippen molar-refractivity contribution in [3.63, 3.8) is 0 Å². The minimum absolute atomic E-state index is 0.0715. The maximum atomic E-state index is 12.2. The van der Waals surface area contributed by atoms with Gasteiger partial charge in [-0.05, 0) is 24.3 Å². The van der Waals surface area contributed by atoms with Gasteiger partial charge in [0.2, 0.25) is 5.91 Å². The summed E-state index contributed by atoms with van der Waals surface area (Å²) in [6.45, 7) is 0. The van der Waals surface area contributed by atoms with Gasteiger partial charge in [0.1, 0.15) is 5.37 Å². The highest BCUT2D eigenvalue weighted by Gasteiger charge is 2.36. The average molecular weight is 324 g/mol. The highest BCUT2D eigenvalue weighted by Crippen LogP contribution is 2.46. The fourth-order valence-electron chi connectivity index (χ4n) is 2.25. The summed E-state index contributed by atoms with van der Waals surface area (Å²) in [5.41, 5.74) is 1.67. The molecule has 0 saturated carbocycles. The number of hydrogen-bond donors (Lipinski definition) is 0. The lowest BCUT2D eigenvalue weighted by Gasteiger charge is -2.25. The van der Waals surface area contributed by atoms with Gasteiger partial charge in [-0.25, -0.2) is 0 Å². The van der Waals surface area contributed by atoms with Gasteiger partial charge < -0.3 is 0 Å². The monoisotopic (exact) mass is 323 g/mol. The summed E-state index contributed by atoms with van der Waals surface area (Å²) in [4.78, 5) is 14.0. The van der Waals surface area contributed by atoms with Gasteiger partial charge in [0.05, 0.1) is 5.75 Å². The van der Waals surface area contributed by atoms with Crippen LogP contribution in [-0.4, -0.2) is 11.7 Å². The molecule has 0 aliphatic carbocycles. The Labute approximate surface area is 131 Å². The summed E-state index contributed by atoms with van der Waals surface area (Å²) >= 11 is 14.1. The first-order chi connectivity index (χ1) is 9.68. The van der Waals surface area contributed by atoms with Crippen LogP contribution in [0.5, 0.6) is 0 Å². The van der Waals surface area contributed by atoms with Crippen LogP contribution in [0, 0.1) is 0 Å². The summed E-state index contributed by atoms with van der Waals surface area (Å²) < 4.78 is 0. The molecule has 2 aromatic carbocycles. The lowest BCUT2D eigenvalue weighted by Crippen LogP contribution is -2.28. The SMILES string of the molecule is O=C1CS[C@@H](c2c(Cl)cccc2Cl)N1c1ccccc1. The Kier molecular flexibility index (Phi) is 3.92. The number of nitrogens with zero attached hydrogens (tertiary/aromatic N) is 1. The molecule has 1 heterocycles. The molecule has 1 fully saturated rings. The summed E-state index contributed by atoms with van der Waals surface area (Å²) in [7, 11) is 0. The van der Waals surface area contributed by atoms with Crippen LogP contribution >= 0.6 is 35.0 Å². The van der Waals surface area contributed by atoms with Gasteiger partial charge in [-0.15, -0.1) is 11.8 Å². The third-order valence-corrected chi connectivity index (χ3v) is 4.98. The van der Waals surface area contributed by atoms with Gasteiger partial charge in [0.15, 0.2) is 0 Å². The maximum absolute atomic E-state index is 12.2. The van der Waals surface area contributed by atoms with Crippen LogP contribution in [0.25, 0.3) is 0 Å². The third kappa shape index (κ3) is 2.41. The zero-order valence-electron chi connectivity index (χ0n) is 10.4. The largest absolute Gasteiger partial charge is 0.295 e. The van der Waals surface area contributed by atoms with Gasteiger partial charge >= 0.3 is 0 Å². The van der Waals surface area contributed by atoms with E-state index in [1.165, 1.54) is 0 Å². The first-order valence-electron chi connectivity index (χ1n) is 6.11. The number of anilines is 1. The predicted molar refractivity (Wildman–Crippen MR) is 85.6 cm³/mol. The van der Waals surface area contributed by atoms with Crippen LogP contribution in [0.1, 0.15) is 10.9 Å². The molecule has 1 saturated heterocycles. The van der Waals surface area contributed by atoms with E-state index >= 15 is 0 Å². The highest BCUT2D eigenvalue weighted by atomic mass is 35.5. The van der Waals surface area contributed by atoms with Gasteiger partial charge in [0.25, 0.3) is 0 Å². The van der Waals surface area contributed by atoms with Gasteiger partial charge in [-0.2, -0.15) is 0 Å². The number of benzene rings is 2. The van der Waals surface area contributed by atoms with E-state index in [0.717, 1.165) is 11.3 Å². The number of thioether (sulfide) groups is 1. The van der Waals surface area contributed by atoms with Crippen molar-refractivity contribution in [3.05, 3.63) is 64.1 Å². The van der Waals surface area contributed by atoms with Gasteiger partial charge in [0, 0.05) is 21.3 Å². The molecule has 1 aliphatic rings. The van der Waals surface area contributed by atoms with Crippen molar-refractivity contribution in [2.45, 2.75) is 5.37 Å². The molecule has 5 heteroatoms. The Morgan fingerprint density at radius 3 is 2.30 bits per heavy atom. The van der Waals surface area contributed by atoms with E-state index in [0.29, 0.717) is 15.8 Å². The standard InChI is InChI=1S/C15H11Cl2NOS/c16-11-7-4-8-12(17)14(11)15-18(13(19)9-20-15)10-5-2-1-3-6-10/h1-8,15H,9H2/t15-/m0/s1. The number of rotatable bonds is 2. The molecule has 20 heavy (non-hydrogen) atoms. The first-order valence-corrected chi connectivity index (χ1v) is 7.91. The van der Waals surface area contributed by atoms with E-state index in [4.69, 9.17) is 23.2 Å². The Morgan fingerprint density at radius 1 is 1.00 bits per heavy atom. The van der Waals surface area contributed by atoms with Crippen molar-refractivity contribution in [1.82, 2.24) is 0 Å². The molecule has 102 valence electrons. The molecule has 1 amide bonds. The molecule has 1 atom stereocenters. The zero-order chi connectivity index (χ0) is 14.1. The Balaban J connectivity index is 2.07. The predicted octanol–water partition coefficient (Wildman–Crippen LogP) is 4.77. The molecule has 3 rings (SSSR count). The second-order valence-corrected chi connectivity index (χ2v) is 6.28. The van der Waals surface area contributed by atoms with E-state index in [-0.39, 0.29) is 11.3 Å². The van der Waals surface area contributed by atoms with Gasteiger partial charge in [-0.3, -0.25) is 9.69 Å². The minimum atomic E-state index is -0.175. The van der Waals surface area contributed by atoms with Crippen molar-refractivity contribution in [1.29, 1.82) is 0 Å². The smallest absolute Gasteiger partial charge is 0.238 e. The van der Waals surface area contributed by atoms with E-state index in [1.54, 1.807) is 28.8 Å². The second-order valence-electron chi connectivity index (χ2n) is 4.40. The summed E-state index contributed by atoms with van der Waals surface area (Å²) in [5, 5.41) is 1.00. The summed E-state index contributed by atoms with van der Waals surface area (Å²) in [5.74, 6) is 0.503. The number of para-hydroxylation sites is 1. The first kappa shape index (κ1) is 13.8. The molecule has 0 spiro atoms. The van der Waals surface area contributed by atoms with Crippen molar-refractivity contribution in [2.75, 3.05) is 10.7 Å². The van der Waals surface area contributed by atoms with Crippen LogP contribution in [0.3, 0.4) is 0 Å².